The fourth-order valence-electron chi connectivity index (χ4n) is 1.39. The SMILES string of the molecule is COc1ccc(C)c(C(C)(C)O)c1. The molecule has 0 aromatic heterocycles. The van der Waals surface area contributed by atoms with Gasteiger partial charge in [-0.1, -0.05) is 6.07 Å². The van der Waals surface area contributed by atoms with E-state index < -0.39 is 5.60 Å². The van der Waals surface area contributed by atoms with Gasteiger partial charge in [-0.05, 0) is 44.0 Å². The average molecular weight is 180 g/mol. The molecule has 0 fully saturated rings. The van der Waals surface area contributed by atoms with E-state index in [2.05, 4.69) is 0 Å². The first-order valence-corrected chi connectivity index (χ1v) is 4.32. The first kappa shape index (κ1) is 10.1. The van der Waals surface area contributed by atoms with Crippen LogP contribution in [0.5, 0.6) is 5.75 Å². The van der Waals surface area contributed by atoms with Gasteiger partial charge in [-0.2, -0.15) is 0 Å². The Bertz CT molecular complexity index is 297. The van der Waals surface area contributed by atoms with E-state index in [1.54, 1.807) is 21.0 Å². The normalized spacial score (nSPS) is 11.5. The zero-order valence-electron chi connectivity index (χ0n) is 8.59. The maximum absolute atomic E-state index is 9.83. The molecule has 0 bridgehead atoms. The van der Waals surface area contributed by atoms with E-state index in [-0.39, 0.29) is 0 Å². The highest BCUT2D eigenvalue weighted by molar-refractivity contribution is 5.37. The van der Waals surface area contributed by atoms with E-state index in [0.29, 0.717) is 0 Å². The molecule has 2 heteroatoms. The van der Waals surface area contributed by atoms with Crippen molar-refractivity contribution in [1.29, 1.82) is 0 Å². The molecule has 1 N–H and O–H groups in total. The van der Waals surface area contributed by atoms with Crippen molar-refractivity contribution in [2.75, 3.05) is 7.11 Å². The van der Waals surface area contributed by atoms with Crippen LogP contribution in [-0.4, -0.2) is 12.2 Å². The predicted octanol–water partition coefficient (Wildman–Crippen LogP) is 2.23. The summed E-state index contributed by atoms with van der Waals surface area (Å²) < 4.78 is 5.09. The molecule has 72 valence electrons. The highest BCUT2D eigenvalue weighted by Crippen LogP contribution is 2.26. The van der Waals surface area contributed by atoms with Crippen molar-refractivity contribution in [3.05, 3.63) is 29.3 Å². The monoisotopic (exact) mass is 180 g/mol. The molecule has 0 heterocycles. The van der Waals surface area contributed by atoms with E-state index in [0.717, 1.165) is 16.9 Å². The number of hydrogen-bond donors (Lipinski definition) is 1. The summed E-state index contributed by atoms with van der Waals surface area (Å²) in [5.41, 5.74) is 1.18. The van der Waals surface area contributed by atoms with Gasteiger partial charge in [0.15, 0.2) is 0 Å². The smallest absolute Gasteiger partial charge is 0.119 e. The molecular formula is C11H16O2. The van der Waals surface area contributed by atoms with Crippen LogP contribution in [-0.2, 0) is 5.60 Å². The van der Waals surface area contributed by atoms with Crippen LogP contribution in [0.15, 0.2) is 18.2 Å². The van der Waals surface area contributed by atoms with E-state index in [1.807, 2.05) is 25.1 Å². The lowest BCUT2D eigenvalue weighted by Gasteiger charge is -2.20. The van der Waals surface area contributed by atoms with Crippen molar-refractivity contribution in [2.24, 2.45) is 0 Å². The third kappa shape index (κ3) is 2.22. The number of ether oxygens (including phenoxy) is 1. The summed E-state index contributed by atoms with van der Waals surface area (Å²) in [6, 6.07) is 5.71. The Labute approximate surface area is 79.2 Å². The molecule has 1 aromatic carbocycles. The Balaban J connectivity index is 3.19. The Morgan fingerprint density at radius 1 is 1.31 bits per heavy atom. The summed E-state index contributed by atoms with van der Waals surface area (Å²) in [6.45, 7) is 5.52. The molecule has 13 heavy (non-hydrogen) atoms. The predicted molar refractivity (Wildman–Crippen MR) is 53.0 cm³/mol. The number of aryl methyl sites for hydroxylation is 1. The number of aliphatic hydroxyl groups is 1. The van der Waals surface area contributed by atoms with Crippen LogP contribution < -0.4 is 4.74 Å². The van der Waals surface area contributed by atoms with Crippen LogP contribution in [0.3, 0.4) is 0 Å². The van der Waals surface area contributed by atoms with E-state index >= 15 is 0 Å². The highest BCUT2D eigenvalue weighted by atomic mass is 16.5. The van der Waals surface area contributed by atoms with Gasteiger partial charge in [0, 0.05) is 0 Å². The van der Waals surface area contributed by atoms with Gasteiger partial charge in [0.1, 0.15) is 5.75 Å². The number of benzene rings is 1. The largest absolute Gasteiger partial charge is 0.497 e. The minimum atomic E-state index is -0.807. The molecule has 0 aliphatic rings. The van der Waals surface area contributed by atoms with Gasteiger partial charge >= 0.3 is 0 Å². The van der Waals surface area contributed by atoms with Crippen LogP contribution in [0.25, 0.3) is 0 Å². The number of rotatable bonds is 2. The average Bonchev–Trinajstić information content (AvgIpc) is 2.03. The quantitative estimate of drug-likeness (QED) is 0.756. The minimum absolute atomic E-state index is 0.780. The Morgan fingerprint density at radius 2 is 1.92 bits per heavy atom. The molecule has 0 unspecified atom stereocenters. The summed E-state index contributed by atoms with van der Waals surface area (Å²) in [4.78, 5) is 0. The molecule has 0 radical (unpaired) electrons. The second kappa shape index (κ2) is 3.38. The summed E-state index contributed by atoms with van der Waals surface area (Å²) in [5.74, 6) is 0.780. The molecule has 2 nitrogen and oxygen atoms in total. The number of methoxy groups -OCH3 is 1. The molecular weight excluding hydrogens is 164 g/mol. The van der Waals surface area contributed by atoms with E-state index in [4.69, 9.17) is 4.74 Å². The summed E-state index contributed by atoms with van der Waals surface area (Å²) in [6.07, 6.45) is 0. The minimum Gasteiger partial charge on any atom is -0.497 e. The van der Waals surface area contributed by atoms with Gasteiger partial charge in [0.2, 0.25) is 0 Å². The molecule has 0 saturated heterocycles. The van der Waals surface area contributed by atoms with Crippen LogP contribution in [0.1, 0.15) is 25.0 Å². The lowest BCUT2D eigenvalue weighted by atomic mass is 9.94. The van der Waals surface area contributed by atoms with Gasteiger partial charge in [-0.25, -0.2) is 0 Å². The van der Waals surface area contributed by atoms with Crippen LogP contribution in [0, 0.1) is 6.92 Å². The van der Waals surface area contributed by atoms with Crippen molar-refractivity contribution in [1.82, 2.24) is 0 Å². The Hall–Kier alpha value is -1.02. The summed E-state index contributed by atoms with van der Waals surface area (Å²) in [7, 11) is 1.62. The molecule has 1 aromatic rings. The van der Waals surface area contributed by atoms with Gasteiger partial charge in [-0.3, -0.25) is 0 Å². The lowest BCUT2D eigenvalue weighted by Crippen LogP contribution is -2.17. The lowest BCUT2D eigenvalue weighted by molar-refractivity contribution is 0.0776. The molecule has 0 saturated carbocycles. The van der Waals surface area contributed by atoms with Crippen molar-refractivity contribution in [3.63, 3.8) is 0 Å². The topological polar surface area (TPSA) is 29.5 Å². The van der Waals surface area contributed by atoms with Gasteiger partial charge < -0.3 is 9.84 Å². The van der Waals surface area contributed by atoms with Crippen LogP contribution >= 0.6 is 0 Å². The van der Waals surface area contributed by atoms with Crippen molar-refractivity contribution >= 4 is 0 Å². The summed E-state index contributed by atoms with van der Waals surface area (Å²) in [5, 5.41) is 9.83. The summed E-state index contributed by atoms with van der Waals surface area (Å²) >= 11 is 0. The van der Waals surface area contributed by atoms with E-state index in [1.165, 1.54) is 0 Å². The first-order valence-electron chi connectivity index (χ1n) is 4.32. The van der Waals surface area contributed by atoms with Crippen molar-refractivity contribution in [3.8, 4) is 5.75 Å². The Morgan fingerprint density at radius 3 is 2.38 bits per heavy atom. The molecule has 1 rings (SSSR count). The second-order valence-corrected chi connectivity index (χ2v) is 3.74. The Kier molecular flexibility index (Phi) is 2.62. The van der Waals surface area contributed by atoms with Crippen LogP contribution in [0.4, 0.5) is 0 Å². The highest BCUT2D eigenvalue weighted by Gasteiger charge is 2.18. The second-order valence-electron chi connectivity index (χ2n) is 3.74. The van der Waals surface area contributed by atoms with Crippen molar-refractivity contribution < 1.29 is 9.84 Å². The van der Waals surface area contributed by atoms with Gasteiger partial charge in [0.25, 0.3) is 0 Å². The standard InChI is InChI=1S/C11H16O2/c1-8-5-6-9(13-4)7-10(8)11(2,3)12/h5-7,12H,1-4H3. The molecule has 0 aliphatic carbocycles. The third-order valence-electron chi connectivity index (χ3n) is 2.10. The fraction of sp³-hybridized carbons (Fsp3) is 0.455. The maximum Gasteiger partial charge on any atom is 0.119 e. The fourth-order valence-corrected chi connectivity index (χ4v) is 1.39. The zero-order chi connectivity index (χ0) is 10.1. The zero-order valence-corrected chi connectivity index (χ0v) is 8.59. The van der Waals surface area contributed by atoms with Gasteiger partial charge in [0.05, 0.1) is 12.7 Å². The molecule has 0 spiro atoms. The number of hydrogen-bond acceptors (Lipinski definition) is 2. The molecule has 0 amide bonds. The maximum atomic E-state index is 9.83. The van der Waals surface area contributed by atoms with Crippen molar-refractivity contribution in [2.45, 2.75) is 26.4 Å². The third-order valence-corrected chi connectivity index (χ3v) is 2.10. The first-order chi connectivity index (χ1) is 5.95. The molecule has 0 atom stereocenters. The molecule has 0 aliphatic heterocycles. The van der Waals surface area contributed by atoms with E-state index in [9.17, 15) is 5.11 Å². The van der Waals surface area contributed by atoms with Crippen LogP contribution in [0.2, 0.25) is 0 Å². The van der Waals surface area contributed by atoms with Gasteiger partial charge in [-0.15, -0.1) is 0 Å².